The molecule has 1 aromatic heterocycles. The van der Waals surface area contributed by atoms with Crippen LogP contribution in [0, 0.1) is 5.82 Å². The van der Waals surface area contributed by atoms with E-state index in [-0.39, 0.29) is 11.6 Å². The van der Waals surface area contributed by atoms with Crippen molar-refractivity contribution in [3.8, 4) is 0 Å². The molecule has 1 aliphatic rings. The molecule has 0 unspecified atom stereocenters. The smallest absolute Gasteiger partial charge is 0.256 e. The number of ether oxygens (including phenoxy) is 1. The molecule has 1 atom stereocenters. The van der Waals surface area contributed by atoms with Gasteiger partial charge in [0.15, 0.2) is 0 Å². The van der Waals surface area contributed by atoms with E-state index < -0.39 is 5.82 Å². The molecule has 0 radical (unpaired) electrons. The number of H-pyrrole nitrogens is 1. The summed E-state index contributed by atoms with van der Waals surface area (Å²) in [5.41, 5.74) is 1.49. The summed E-state index contributed by atoms with van der Waals surface area (Å²) >= 11 is 0. The van der Waals surface area contributed by atoms with Crippen molar-refractivity contribution in [2.75, 3.05) is 13.7 Å². The first-order chi connectivity index (χ1) is 8.70. The van der Waals surface area contributed by atoms with Gasteiger partial charge in [0, 0.05) is 11.3 Å². The second-order valence-electron chi connectivity index (χ2n) is 4.39. The third-order valence-electron chi connectivity index (χ3n) is 3.33. The monoisotopic (exact) mass is 248 g/mol. The summed E-state index contributed by atoms with van der Waals surface area (Å²) < 4.78 is 18.7. The maximum absolute atomic E-state index is 13.2. The number of aromatic nitrogens is 1. The van der Waals surface area contributed by atoms with Crippen molar-refractivity contribution in [2.45, 2.75) is 12.6 Å². The number of benzene rings is 1. The van der Waals surface area contributed by atoms with Crippen LogP contribution in [0.5, 0.6) is 0 Å². The molecule has 4 nitrogen and oxygen atoms in total. The molecule has 2 aromatic rings. The minimum absolute atomic E-state index is 0.0126. The van der Waals surface area contributed by atoms with E-state index in [4.69, 9.17) is 4.74 Å². The number of rotatable bonds is 1. The van der Waals surface area contributed by atoms with Crippen LogP contribution < -0.4 is 10.9 Å². The number of nitrogens with one attached hydrogen (secondary N) is 2. The van der Waals surface area contributed by atoms with Gasteiger partial charge in [-0.05, 0) is 24.6 Å². The highest BCUT2D eigenvalue weighted by atomic mass is 19.1. The number of likely N-dealkylation sites (N-methyl/N-ethyl adjacent to an activating group) is 1. The van der Waals surface area contributed by atoms with E-state index in [1.54, 1.807) is 6.07 Å². The third-order valence-corrected chi connectivity index (χ3v) is 3.33. The van der Waals surface area contributed by atoms with Crippen LogP contribution in [0.4, 0.5) is 4.39 Å². The van der Waals surface area contributed by atoms with Crippen molar-refractivity contribution >= 4 is 10.8 Å². The fourth-order valence-electron chi connectivity index (χ4n) is 2.48. The van der Waals surface area contributed by atoms with Gasteiger partial charge in [-0.3, -0.25) is 4.79 Å². The van der Waals surface area contributed by atoms with Gasteiger partial charge in [-0.25, -0.2) is 4.39 Å². The van der Waals surface area contributed by atoms with E-state index >= 15 is 0 Å². The van der Waals surface area contributed by atoms with Crippen LogP contribution in [0.1, 0.15) is 17.3 Å². The van der Waals surface area contributed by atoms with Gasteiger partial charge in [0.2, 0.25) is 0 Å². The molecule has 2 N–H and O–H groups in total. The standard InChI is InChI=1S/C13H13FN2O2/c1-15-10-5-18-6-11-12(10)8-3-2-7(14)4-9(8)13(17)16-11/h2-4,10,15H,5-6H2,1H3,(H,16,17)/t10-/m0/s1. The quantitative estimate of drug-likeness (QED) is 0.803. The van der Waals surface area contributed by atoms with E-state index in [0.717, 1.165) is 16.6 Å². The lowest BCUT2D eigenvalue weighted by molar-refractivity contribution is 0.0819. The summed E-state index contributed by atoms with van der Waals surface area (Å²) in [5, 5.41) is 4.32. The SMILES string of the molecule is CN[C@H]1COCc2[nH]c(=O)c3cc(F)ccc3c21. The van der Waals surface area contributed by atoms with E-state index in [0.29, 0.717) is 18.6 Å². The van der Waals surface area contributed by atoms with Crippen molar-refractivity contribution in [3.05, 3.63) is 45.6 Å². The van der Waals surface area contributed by atoms with E-state index in [1.165, 1.54) is 12.1 Å². The van der Waals surface area contributed by atoms with E-state index in [9.17, 15) is 9.18 Å². The number of hydrogen-bond donors (Lipinski definition) is 2. The zero-order valence-electron chi connectivity index (χ0n) is 9.92. The Morgan fingerprint density at radius 1 is 1.44 bits per heavy atom. The fraction of sp³-hybridized carbons (Fsp3) is 0.308. The van der Waals surface area contributed by atoms with Crippen molar-refractivity contribution < 1.29 is 9.13 Å². The van der Waals surface area contributed by atoms with Crippen molar-refractivity contribution in [3.63, 3.8) is 0 Å². The molecule has 0 spiro atoms. The van der Waals surface area contributed by atoms with Crippen molar-refractivity contribution in [1.29, 1.82) is 0 Å². The van der Waals surface area contributed by atoms with Crippen molar-refractivity contribution in [1.82, 2.24) is 10.3 Å². The highest BCUT2D eigenvalue weighted by molar-refractivity contribution is 5.86. The fourth-order valence-corrected chi connectivity index (χ4v) is 2.48. The van der Waals surface area contributed by atoms with Gasteiger partial charge >= 0.3 is 0 Å². The van der Waals surface area contributed by atoms with Gasteiger partial charge in [0.05, 0.1) is 24.6 Å². The molecule has 0 bridgehead atoms. The first-order valence-corrected chi connectivity index (χ1v) is 5.80. The van der Waals surface area contributed by atoms with Crippen LogP contribution in [0.2, 0.25) is 0 Å². The number of pyridine rings is 1. The molecule has 18 heavy (non-hydrogen) atoms. The summed E-state index contributed by atoms with van der Waals surface area (Å²) in [6, 6.07) is 4.33. The minimum atomic E-state index is -0.402. The Bertz CT molecular complexity index is 666. The molecular formula is C13H13FN2O2. The Hall–Kier alpha value is -1.72. The van der Waals surface area contributed by atoms with Gasteiger partial charge in [-0.2, -0.15) is 0 Å². The first-order valence-electron chi connectivity index (χ1n) is 5.80. The molecule has 0 fully saturated rings. The lowest BCUT2D eigenvalue weighted by Crippen LogP contribution is -2.30. The number of hydrogen-bond acceptors (Lipinski definition) is 3. The maximum Gasteiger partial charge on any atom is 0.256 e. The van der Waals surface area contributed by atoms with Crippen LogP contribution in [-0.4, -0.2) is 18.6 Å². The van der Waals surface area contributed by atoms with Gasteiger partial charge in [0.25, 0.3) is 5.56 Å². The zero-order chi connectivity index (χ0) is 12.7. The summed E-state index contributed by atoms with van der Waals surface area (Å²) in [7, 11) is 1.84. The summed E-state index contributed by atoms with van der Waals surface area (Å²) in [6.45, 7) is 0.929. The first kappa shape index (κ1) is 11.4. The normalized spacial score (nSPS) is 18.9. The molecule has 2 heterocycles. The minimum Gasteiger partial charge on any atom is -0.373 e. The molecule has 1 aliphatic heterocycles. The van der Waals surface area contributed by atoms with E-state index in [2.05, 4.69) is 10.3 Å². The Balaban J connectivity index is 2.39. The summed E-state index contributed by atoms with van der Waals surface area (Å²) in [6.07, 6.45) is 0. The van der Waals surface area contributed by atoms with Crippen LogP contribution in [-0.2, 0) is 11.3 Å². The van der Waals surface area contributed by atoms with Gasteiger partial charge in [-0.1, -0.05) is 6.07 Å². The molecule has 94 valence electrons. The number of fused-ring (bicyclic) bond motifs is 3. The molecule has 0 saturated carbocycles. The summed E-state index contributed by atoms with van der Waals surface area (Å²) in [5.74, 6) is -0.402. The van der Waals surface area contributed by atoms with Gasteiger partial charge in [0.1, 0.15) is 5.82 Å². The van der Waals surface area contributed by atoms with Gasteiger partial charge < -0.3 is 15.0 Å². The molecule has 5 heteroatoms. The molecule has 0 amide bonds. The lowest BCUT2D eigenvalue weighted by atomic mass is 9.97. The molecule has 3 rings (SSSR count). The average molecular weight is 248 g/mol. The average Bonchev–Trinajstić information content (AvgIpc) is 2.38. The Morgan fingerprint density at radius 2 is 2.28 bits per heavy atom. The third kappa shape index (κ3) is 1.63. The molecule has 0 aliphatic carbocycles. The van der Waals surface area contributed by atoms with Crippen molar-refractivity contribution in [2.24, 2.45) is 0 Å². The number of aromatic amines is 1. The van der Waals surface area contributed by atoms with Crippen LogP contribution >= 0.6 is 0 Å². The van der Waals surface area contributed by atoms with Crippen LogP contribution in [0.25, 0.3) is 10.8 Å². The van der Waals surface area contributed by atoms with Crippen LogP contribution in [0.15, 0.2) is 23.0 Å². The second-order valence-corrected chi connectivity index (χ2v) is 4.39. The predicted molar refractivity (Wildman–Crippen MR) is 66.0 cm³/mol. The molecule has 0 saturated heterocycles. The molecular weight excluding hydrogens is 235 g/mol. The topological polar surface area (TPSA) is 54.1 Å². The maximum atomic E-state index is 13.2. The Labute approximate surface area is 103 Å². The van der Waals surface area contributed by atoms with Gasteiger partial charge in [-0.15, -0.1) is 0 Å². The van der Waals surface area contributed by atoms with E-state index in [1.807, 2.05) is 7.05 Å². The Kier molecular flexibility index (Phi) is 2.65. The second kappa shape index (κ2) is 4.19. The van der Waals surface area contributed by atoms with Crippen LogP contribution in [0.3, 0.4) is 0 Å². The summed E-state index contributed by atoms with van der Waals surface area (Å²) in [4.78, 5) is 14.7. The highest BCUT2D eigenvalue weighted by Gasteiger charge is 2.23. The predicted octanol–water partition coefficient (Wildman–Crippen LogP) is 1.46. The lowest BCUT2D eigenvalue weighted by Gasteiger charge is -2.26. The zero-order valence-corrected chi connectivity index (χ0v) is 9.92. The number of halogens is 1. The molecule has 1 aromatic carbocycles. The highest BCUT2D eigenvalue weighted by Crippen LogP contribution is 2.29. The largest absolute Gasteiger partial charge is 0.373 e. The Morgan fingerprint density at radius 3 is 3.06 bits per heavy atom.